The molecule has 0 fully saturated rings. The van der Waals surface area contributed by atoms with Gasteiger partial charge in [-0.1, -0.05) is 39.3 Å². The average molecular weight is 539 g/mol. The molecule has 0 aliphatic carbocycles. The van der Waals surface area contributed by atoms with E-state index in [0.717, 1.165) is 12.8 Å². The van der Waals surface area contributed by atoms with Crippen LogP contribution >= 0.6 is 0 Å². The quantitative estimate of drug-likeness (QED) is 0.335. The molecule has 2 aromatic carbocycles. The van der Waals surface area contributed by atoms with Gasteiger partial charge in [0.25, 0.3) is 15.6 Å². The Hall–Kier alpha value is -4.06. The second-order valence-electron chi connectivity index (χ2n) is 9.59. The lowest BCUT2D eigenvalue weighted by molar-refractivity contribution is 0.366. The topological polar surface area (TPSA) is 146 Å². The first kappa shape index (κ1) is 25.6. The maximum absolute atomic E-state index is 13.6. The summed E-state index contributed by atoms with van der Waals surface area (Å²) in [7, 11) is -4.32. The Balaban J connectivity index is 1.63. The van der Waals surface area contributed by atoms with Crippen molar-refractivity contribution >= 4 is 44.0 Å². The minimum atomic E-state index is -4.32. The highest BCUT2D eigenvalue weighted by molar-refractivity contribution is 7.90. The minimum Gasteiger partial charge on any atom is -0.506 e. The summed E-state index contributed by atoms with van der Waals surface area (Å²) in [5, 5.41) is 17.6. The SMILES string of the molecule is CCCCNC1=Nc2c(ccc3c2S(=O)(=O)N=C(c2c(O)c4ccccc4n(NCC(C)C)c2=O)N3)OC1. The molecule has 12 heteroatoms. The van der Waals surface area contributed by atoms with Gasteiger partial charge in [-0.05, 0) is 36.6 Å². The lowest BCUT2D eigenvalue weighted by atomic mass is 10.1. The summed E-state index contributed by atoms with van der Waals surface area (Å²) in [6, 6.07) is 9.99. The molecule has 3 aromatic rings. The van der Waals surface area contributed by atoms with E-state index in [0.29, 0.717) is 35.6 Å². The number of sulfonamides is 1. The fraction of sp³-hybridized carbons (Fsp3) is 0.346. The number of nitrogens with zero attached hydrogens (tertiary/aromatic N) is 3. The minimum absolute atomic E-state index is 0.141. The van der Waals surface area contributed by atoms with Crippen molar-refractivity contribution in [3.63, 3.8) is 0 Å². The fourth-order valence-corrected chi connectivity index (χ4v) is 5.60. The van der Waals surface area contributed by atoms with Crippen molar-refractivity contribution in [2.24, 2.45) is 15.3 Å². The van der Waals surface area contributed by atoms with E-state index < -0.39 is 15.6 Å². The highest BCUT2D eigenvalue weighted by Gasteiger charge is 2.34. The number of unbranched alkanes of at least 4 members (excludes halogenated alkanes) is 1. The van der Waals surface area contributed by atoms with Gasteiger partial charge in [0.2, 0.25) is 0 Å². The van der Waals surface area contributed by atoms with Crippen molar-refractivity contribution in [3.05, 3.63) is 52.3 Å². The third kappa shape index (κ3) is 4.55. The smallest absolute Gasteiger partial charge is 0.288 e. The molecule has 200 valence electrons. The maximum atomic E-state index is 13.6. The standard InChI is InChI=1S/C26H30N6O5S/c1-4-5-12-27-20-14-37-19-11-10-17-24(22(19)30-20)38(35,36)31-25(29-17)21-23(33)16-8-6-7-9-18(16)32(26(21)34)28-13-15(2)3/h6-11,15,28,33H,4-5,12-14H2,1-3H3,(H,27,30)(H,29,31). The number of ether oxygens (including phenoxy) is 1. The van der Waals surface area contributed by atoms with Gasteiger partial charge in [-0.25, -0.2) is 9.67 Å². The summed E-state index contributed by atoms with van der Waals surface area (Å²) in [4.78, 5) is 18.0. The van der Waals surface area contributed by atoms with Gasteiger partial charge in [-0.3, -0.25) is 4.79 Å². The van der Waals surface area contributed by atoms with E-state index in [-0.39, 0.29) is 45.9 Å². The monoisotopic (exact) mass is 538 g/mol. The number of aromatic nitrogens is 1. The van der Waals surface area contributed by atoms with Gasteiger partial charge in [-0.15, -0.1) is 4.40 Å². The molecule has 0 unspecified atom stereocenters. The van der Waals surface area contributed by atoms with Crippen molar-refractivity contribution in [3.8, 4) is 11.5 Å². The van der Waals surface area contributed by atoms with Gasteiger partial charge in [0, 0.05) is 18.5 Å². The number of aliphatic imine (C=N–C) groups is 1. The number of hydrogen-bond donors (Lipinski definition) is 4. The molecule has 0 saturated heterocycles. The first-order valence-electron chi connectivity index (χ1n) is 12.6. The predicted octanol–water partition coefficient (Wildman–Crippen LogP) is 3.28. The predicted molar refractivity (Wildman–Crippen MR) is 148 cm³/mol. The molecule has 11 nitrogen and oxygen atoms in total. The van der Waals surface area contributed by atoms with E-state index in [1.54, 1.807) is 36.4 Å². The van der Waals surface area contributed by atoms with E-state index in [4.69, 9.17) is 4.74 Å². The van der Waals surface area contributed by atoms with Crippen LogP contribution in [0.3, 0.4) is 0 Å². The van der Waals surface area contributed by atoms with Crippen LogP contribution in [0.25, 0.3) is 10.9 Å². The van der Waals surface area contributed by atoms with Gasteiger partial charge >= 0.3 is 0 Å². The second kappa shape index (κ2) is 10.0. The molecule has 0 spiro atoms. The highest BCUT2D eigenvalue weighted by atomic mass is 32.2. The molecule has 4 N–H and O–H groups in total. The lowest BCUT2D eigenvalue weighted by Gasteiger charge is -2.25. The van der Waals surface area contributed by atoms with Crippen LogP contribution in [0.5, 0.6) is 11.5 Å². The van der Waals surface area contributed by atoms with Crippen molar-refractivity contribution in [1.82, 2.24) is 9.99 Å². The van der Waals surface area contributed by atoms with E-state index in [1.165, 1.54) is 4.68 Å². The van der Waals surface area contributed by atoms with E-state index >= 15 is 0 Å². The molecule has 5 rings (SSSR count). The number of aromatic hydroxyl groups is 1. The van der Waals surface area contributed by atoms with Crippen LogP contribution < -0.4 is 26.4 Å². The summed E-state index contributed by atoms with van der Waals surface area (Å²) in [6.07, 6.45) is 1.93. The number of amidine groups is 2. The molecular weight excluding hydrogens is 508 g/mol. The van der Waals surface area contributed by atoms with Crippen LogP contribution in [-0.2, 0) is 10.0 Å². The molecule has 0 atom stereocenters. The summed E-state index contributed by atoms with van der Waals surface area (Å²) in [5.74, 6) is 0.441. The third-order valence-electron chi connectivity index (χ3n) is 6.24. The number of anilines is 1. The molecule has 2 aliphatic heterocycles. The molecule has 2 aliphatic rings. The normalized spacial score (nSPS) is 15.6. The highest BCUT2D eigenvalue weighted by Crippen LogP contribution is 2.44. The number of para-hydroxylation sites is 1. The Labute approximate surface area is 220 Å². The summed E-state index contributed by atoms with van der Waals surface area (Å²) in [5.41, 5.74) is 2.99. The summed E-state index contributed by atoms with van der Waals surface area (Å²) >= 11 is 0. The second-order valence-corrected chi connectivity index (χ2v) is 11.1. The number of benzene rings is 2. The number of rotatable bonds is 7. The van der Waals surface area contributed by atoms with Crippen molar-refractivity contribution in [2.45, 2.75) is 38.5 Å². The molecule has 3 heterocycles. The molecule has 0 saturated carbocycles. The Morgan fingerprint density at radius 2 is 2.00 bits per heavy atom. The van der Waals surface area contributed by atoms with Gasteiger partial charge in [0.15, 0.2) is 5.84 Å². The Bertz CT molecular complexity index is 1640. The molecule has 0 bridgehead atoms. The van der Waals surface area contributed by atoms with E-state index in [1.807, 2.05) is 13.8 Å². The zero-order valence-corrected chi connectivity index (χ0v) is 22.2. The average Bonchev–Trinajstić information content (AvgIpc) is 2.88. The fourth-order valence-electron chi connectivity index (χ4n) is 4.34. The van der Waals surface area contributed by atoms with Crippen LogP contribution in [0.2, 0.25) is 0 Å². The van der Waals surface area contributed by atoms with Crippen LogP contribution in [0.15, 0.2) is 55.5 Å². The maximum Gasteiger partial charge on any atom is 0.288 e. The number of fused-ring (bicyclic) bond motifs is 4. The first-order chi connectivity index (χ1) is 18.2. The number of nitrogens with one attached hydrogen (secondary N) is 3. The van der Waals surface area contributed by atoms with Crippen LogP contribution in [-0.4, -0.2) is 49.6 Å². The molecular formula is C26H30N6O5S. The van der Waals surface area contributed by atoms with Crippen molar-refractivity contribution in [1.29, 1.82) is 0 Å². The molecule has 0 radical (unpaired) electrons. The van der Waals surface area contributed by atoms with E-state index in [9.17, 15) is 18.3 Å². The lowest BCUT2D eigenvalue weighted by Crippen LogP contribution is -2.37. The van der Waals surface area contributed by atoms with Gasteiger partial charge in [0.1, 0.15) is 40.1 Å². The largest absolute Gasteiger partial charge is 0.506 e. The number of pyridine rings is 1. The van der Waals surface area contributed by atoms with Crippen LogP contribution in [0.1, 0.15) is 39.2 Å². The zero-order valence-electron chi connectivity index (χ0n) is 21.4. The summed E-state index contributed by atoms with van der Waals surface area (Å²) in [6.45, 7) is 7.43. The Morgan fingerprint density at radius 1 is 1.21 bits per heavy atom. The van der Waals surface area contributed by atoms with Gasteiger partial charge < -0.3 is 25.9 Å². The summed E-state index contributed by atoms with van der Waals surface area (Å²) < 4.78 is 38.0. The van der Waals surface area contributed by atoms with Gasteiger partial charge in [0.05, 0.1) is 11.2 Å². The van der Waals surface area contributed by atoms with Crippen LogP contribution in [0, 0.1) is 5.92 Å². The Morgan fingerprint density at radius 3 is 2.76 bits per heavy atom. The van der Waals surface area contributed by atoms with E-state index in [2.05, 4.69) is 32.4 Å². The third-order valence-corrected chi connectivity index (χ3v) is 7.59. The number of hydrogen-bond acceptors (Lipinski definition) is 9. The molecule has 1 aromatic heterocycles. The molecule has 0 amide bonds. The van der Waals surface area contributed by atoms with Crippen LogP contribution in [0.4, 0.5) is 11.4 Å². The van der Waals surface area contributed by atoms with Crippen molar-refractivity contribution < 1.29 is 18.3 Å². The van der Waals surface area contributed by atoms with Crippen molar-refractivity contribution in [2.75, 3.05) is 30.4 Å². The zero-order chi connectivity index (χ0) is 27.0. The molecule has 38 heavy (non-hydrogen) atoms. The van der Waals surface area contributed by atoms with Gasteiger partial charge in [-0.2, -0.15) is 8.42 Å². The Kier molecular flexibility index (Phi) is 6.74. The first-order valence-corrected chi connectivity index (χ1v) is 14.0.